The van der Waals surface area contributed by atoms with Gasteiger partial charge in [-0.1, -0.05) is 24.3 Å². The number of hydrogen-bond donors (Lipinski definition) is 1. The molecule has 0 bridgehead atoms. The van der Waals surface area contributed by atoms with Gasteiger partial charge in [-0.25, -0.2) is 4.79 Å². The van der Waals surface area contributed by atoms with E-state index in [1.165, 1.54) is 12.8 Å². The summed E-state index contributed by atoms with van der Waals surface area (Å²) in [7, 11) is 1.76. The summed E-state index contributed by atoms with van der Waals surface area (Å²) in [6, 6.07) is 9.47. The lowest BCUT2D eigenvalue weighted by Gasteiger charge is -2.16. The number of rotatable bonds is 3. The number of allylic oxidation sites excluding steroid dienone is 1. The highest BCUT2D eigenvalue weighted by atomic mass is 16.2. The first-order valence-electron chi connectivity index (χ1n) is 5.53. The first-order chi connectivity index (χ1) is 7.77. The number of para-hydroxylation sites is 1. The van der Waals surface area contributed by atoms with Crippen LogP contribution in [0.5, 0.6) is 0 Å². The maximum Gasteiger partial charge on any atom is 0.325 e. The zero-order valence-electron chi connectivity index (χ0n) is 9.39. The number of nitrogens with zero attached hydrogens (tertiary/aromatic N) is 1. The third kappa shape index (κ3) is 2.86. The summed E-state index contributed by atoms with van der Waals surface area (Å²) in [4.78, 5) is 13.3. The molecule has 1 aromatic rings. The molecule has 1 N–H and O–H groups in total. The normalized spacial score (nSPS) is 15.1. The Morgan fingerprint density at radius 3 is 2.69 bits per heavy atom. The molecule has 0 atom stereocenters. The van der Waals surface area contributed by atoms with Crippen LogP contribution in [0, 0.1) is 5.92 Å². The summed E-state index contributed by atoms with van der Waals surface area (Å²) in [5.41, 5.74) is 0.889. The van der Waals surface area contributed by atoms with Gasteiger partial charge in [0.15, 0.2) is 0 Å². The SMILES string of the molecule is CN(C(=O)N/C=C/C1CC1)c1ccccc1. The average molecular weight is 216 g/mol. The second kappa shape index (κ2) is 4.84. The molecule has 0 heterocycles. The van der Waals surface area contributed by atoms with E-state index in [1.807, 2.05) is 30.3 Å². The minimum atomic E-state index is -0.108. The Hall–Kier alpha value is -1.77. The smallest absolute Gasteiger partial charge is 0.315 e. The monoisotopic (exact) mass is 216 g/mol. The van der Waals surface area contributed by atoms with Gasteiger partial charge in [-0.3, -0.25) is 4.90 Å². The maximum atomic E-state index is 11.7. The largest absolute Gasteiger partial charge is 0.325 e. The molecule has 0 saturated heterocycles. The fourth-order valence-electron chi connectivity index (χ4n) is 1.41. The van der Waals surface area contributed by atoms with Crippen molar-refractivity contribution in [3.05, 3.63) is 42.6 Å². The maximum absolute atomic E-state index is 11.7. The Balaban J connectivity index is 1.88. The van der Waals surface area contributed by atoms with E-state index < -0.39 is 0 Å². The van der Waals surface area contributed by atoms with E-state index in [-0.39, 0.29) is 6.03 Å². The molecule has 2 amide bonds. The molecule has 3 nitrogen and oxygen atoms in total. The number of hydrogen-bond acceptors (Lipinski definition) is 1. The number of nitrogens with one attached hydrogen (secondary N) is 1. The molecule has 1 aliphatic rings. The van der Waals surface area contributed by atoms with E-state index in [2.05, 4.69) is 11.4 Å². The summed E-state index contributed by atoms with van der Waals surface area (Å²) >= 11 is 0. The van der Waals surface area contributed by atoms with Crippen LogP contribution in [-0.4, -0.2) is 13.1 Å². The molecule has 0 aromatic heterocycles. The number of benzene rings is 1. The molecule has 1 aromatic carbocycles. The predicted octanol–water partition coefficient (Wildman–Crippen LogP) is 2.76. The van der Waals surface area contributed by atoms with Gasteiger partial charge in [0.2, 0.25) is 0 Å². The van der Waals surface area contributed by atoms with Gasteiger partial charge in [0.1, 0.15) is 0 Å². The van der Waals surface area contributed by atoms with E-state index in [9.17, 15) is 4.79 Å². The molecular weight excluding hydrogens is 200 g/mol. The van der Waals surface area contributed by atoms with Crippen LogP contribution in [0.1, 0.15) is 12.8 Å². The van der Waals surface area contributed by atoms with Gasteiger partial charge >= 0.3 is 6.03 Å². The van der Waals surface area contributed by atoms with Crippen molar-refractivity contribution in [3.8, 4) is 0 Å². The van der Waals surface area contributed by atoms with Crippen LogP contribution >= 0.6 is 0 Å². The number of carbonyl (C=O) groups is 1. The van der Waals surface area contributed by atoms with Gasteiger partial charge in [-0.05, 0) is 30.9 Å². The van der Waals surface area contributed by atoms with Crippen molar-refractivity contribution in [1.29, 1.82) is 0 Å². The molecule has 0 spiro atoms. The van der Waals surface area contributed by atoms with Crippen LogP contribution in [0.4, 0.5) is 10.5 Å². The van der Waals surface area contributed by atoms with Crippen LogP contribution in [0.2, 0.25) is 0 Å². The third-order valence-corrected chi connectivity index (χ3v) is 2.65. The van der Waals surface area contributed by atoms with E-state index in [0.717, 1.165) is 5.69 Å². The fourth-order valence-corrected chi connectivity index (χ4v) is 1.41. The molecule has 3 heteroatoms. The first kappa shape index (κ1) is 10.7. The predicted molar refractivity (Wildman–Crippen MR) is 65.2 cm³/mol. The van der Waals surface area contributed by atoms with Gasteiger partial charge in [0.25, 0.3) is 0 Å². The van der Waals surface area contributed by atoms with Gasteiger partial charge in [0, 0.05) is 18.9 Å². The molecule has 1 saturated carbocycles. The highest BCUT2D eigenvalue weighted by Gasteiger charge is 2.17. The average Bonchev–Trinajstić information content (AvgIpc) is 3.13. The summed E-state index contributed by atoms with van der Waals surface area (Å²) < 4.78 is 0. The zero-order valence-corrected chi connectivity index (χ0v) is 9.39. The van der Waals surface area contributed by atoms with E-state index in [4.69, 9.17) is 0 Å². The highest BCUT2D eigenvalue weighted by molar-refractivity contribution is 5.91. The van der Waals surface area contributed by atoms with Gasteiger partial charge in [-0.2, -0.15) is 0 Å². The number of urea groups is 1. The molecule has 16 heavy (non-hydrogen) atoms. The molecule has 1 fully saturated rings. The quantitative estimate of drug-likeness (QED) is 0.827. The van der Waals surface area contributed by atoms with Crippen LogP contribution < -0.4 is 10.2 Å². The second-order valence-corrected chi connectivity index (χ2v) is 4.04. The van der Waals surface area contributed by atoms with Crippen molar-refractivity contribution in [1.82, 2.24) is 5.32 Å². The minimum Gasteiger partial charge on any atom is -0.315 e. The molecule has 0 unspecified atom stereocenters. The Labute approximate surface area is 95.8 Å². The minimum absolute atomic E-state index is 0.108. The highest BCUT2D eigenvalue weighted by Crippen LogP contribution is 2.29. The summed E-state index contributed by atoms with van der Waals surface area (Å²) in [5.74, 6) is 0.683. The van der Waals surface area contributed by atoms with Crippen molar-refractivity contribution >= 4 is 11.7 Å². The van der Waals surface area contributed by atoms with Crippen molar-refractivity contribution < 1.29 is 4.79 Å². The standard InChI is InChI=1S/C13H16N2O/c1-15(12-5-3-2-4-6-12)13(16)14-10-9-11-7-8-11/h2-6,9-11H,7-8H2,1H3,(H,14,16)/b10-9+. The summed E-state index contributed by atoms with van der Waals surface area (Å²) in [5, 5.41) is 2.76. The Kier molecular flexibility index (Phi) is 3.25. The van der Waals surface area contributed by atoms with Gasteiger partial charge in [-0.15, -0.1) is 0 Å². The van der Waals surface area contributed by atoms with Gasteiger partial charge in [0.05, 0.1) is 0 Å². The number of amides is 2. The zero-order chi connectivity index (χ0) is 11.4. The summed E-state index contributed by atoms with van der Waals surface area (Å²) in [6.45, 7) is 0. The van der Waals surface area contributed by atoms with Crippen LogP contribution in [0.25, 0.3) is 0 Å². The molecule has 2 rings (SSSR count). The topological polar surface area (TPSA) is 32.3 Å². The molecular formula is C13H16N2O. The van der Waals surface area contributed by atoms with E-state index >= 15 is 0 Å². The molecule has 1 aliphatic carbocycles. The van der Waals surface area contributed by atoms with Crippen LogP contribution in [-0.2, 0) is 0 Å². The third-order valence-electron chi connectivity index (χ3n) is 2.65. The van der Waals surface area contributed by atoms with E-state index in [1.54, 1.807) is 18.1 Å². The number of carbonyl (C=O) groups excluding carboxylic acids is 1. The molecule has 0 radical (unpaired) electrons. The van der Waals surface area contributed by atoms with Gasteiger partial charge < -0.3 is 5.32 Å². The van der Waals surface area contributed by atoms with Crippen molar-refractivity contribution in [2.75, 3.05) is 11.9 Å². The fraction of sp³-hybridized carbons (Fsp3) is 0.308. The lowest BCUT2D eigenvalue weighted by molar-refractivity contribution is 0.250. The Bertz CT molecular complexity index is 382. The lowest BCUT2D eigenvalue weighted by Crippen LogP contribution is -2.34. The second-order valence-electron chi connectivity index (χ2n) is 4.04. The Morgan fingerprint density at radius 1 is 1.38 bits per heavy atom. The first-order valence-corrected chi connectivity index (χ1v) is 5.53. The molecule has 84 valence electrons. The van der Waals surface area contributed by atoms with Crippen molar-refractivity contribution in [2.24, 2.45) is 5.92 Å². The van der Waals surface area contributed by atoms with E-state index in [0.29, 0.717) is 5.92 Å². The van der Waals surface area contributed by atoms with Crippen LogP contribution in [0.3, 0.4) is 0 Å². The lowest BCUT2D eigenvalue weighted by atomic mass is 10.3. The summed E-state index contributed by atoms with van der Waals surface area (Å²) in [6.07, 6.45) is 6.30. The Morgan fingerprint density at radius 2 is 2.06 bits per heavy atom. The van der Waals surface area contributed by atoms with Crippen molar-refractivity contribution in [3.63, 3.8) is 0 Å². The van der Waals surface area contributed by atoms with Crippen LogP contribution in [0.15, 0.2) is 42.6 Å². The van der Waals surface area contributed by atoms with Crippen molar-refractivity contribution in [2.45, 2.75) is 12.8 Å². The number of anilines is 1. The molecule has 0 aliphatic heterocycles.